The van der Waals surface area contributed by atoms with Crippen LogP contribution in [-0.4, -0.2) is 42.4 Å². The number of nitrogens with one attached hydrogen (secondary N) is 2. The topological polar surface area (TPSA) is 61.4 Å². The van der Waals surface area contributed by atoms with Crippen molar-refractivity contribution in [3.8, 4) is 0 Å². The Balaban J connectivity index is 0.00000243. The van der Waals surface area contributed by atoms with E-state index in [9.17, 15) is 9.59 Å². The molecular weight excluding hydrogens is 350 g/mol. The van der Waals surface area contributed by atoms with Crippen LogP contribution in [0.25, 0.3) is 0 Å². The molecule has 1 heterocycles. The summed E-state index contributed by atoms with van der Waals surface area (Å²) in [7, 11) is 0. The maximum Gasteiger partial charge on any atom is 0.246 e. The first-order chi connectivity index (χ1) is 12.1. The molecule has 2 N–H and O–H groups in total. The van der Waals surface area contributed by atoms with Gasteiger partial charge in [-0.3, -0.25) is 9.59 Å². The van der Waals surface area contributed by atoms with Gasteiger partial charge in [0, 0.05) is 18.2 Å². The lowest BCUT2D eigenvalue weighted by Gasteiger charge is -2.30. The van der Waals surface area contributed by atoms with E-state index in [1.165, 1.54) is 0 Å². The molecule has 5 nitrogen and oxygen atoms in total. The van der Waals surface area contributed by atoms with Gasteiger partial charge in [0.1, 0.15) is 6.04 Å². The Morgan fingerprint density at radius 2 is 1.92 bits per heavy atom. The van der Waals surface area contributed by atoms with Gasteiger partial charge in [-0.15, -0.1) is 12.4 Å². The summed E-state index contributed by atoms with van der Waals surface area (Å²) in [5, 5.41) is 6.30. The number of piperidine rings is 1. The van der Waals surface area contributed by atoms with E-state index < -0.39 is 6.04 Å². The van der Waals surface area contributed by atoms with Crippen LogP contribution in [0.1, 0.15) is 39.5 Å². The molecule has 26 heavy (non-hydrogen) atoms. The normalized spacial score (nSPS) is 21.4. The lowest BCUT2D eigenvalue weighted by molar-refractivity contribution is -0.140. The Kier molecular flexibility index (Phi) is 7.07. The number of para-hydroxylation sites is 1. The molecule has 2 amide bonds. The molecule has 0 aromatic heterocycles. The van der Waals surface area contributed by atoms with Crippen molar-refractivity contribution in [2.24, 2.45) is 11.3 Å². The first-order valence-electron chi connectivity index (χ1n) is 9.44. The maximum atomic E-state index is 13.1. The number of halogens is 1. The second-order valence-corrected chi connectivity index (χ2v) is 7.43. The Morgan fingerprint density at radius 3 is 2.54 bits per heavy atom. The van der Waals surface area contributed by atoms with E-state index in [0.29, 0.717) is 6.54 Å². The van der Waals surface area contributed by atoms with E-state index in [1.807, 2.05) is 37.3 Å². The average molecular weight is 380 g/mol. The van der Waals surface area contributed by atoms with Gasteiger partial charge in [-0.05, 0) is 63.2 Å². The maximum absolute atomic E-state index is 13.1. The van der Waals surface area contributed by atoms with E-state index in [0.717, 1.165) is 44.5 Å². The smallest absolute Gasteiger partial charge is 0.246 e. The quantitative estimate of drug-likeness (QED) is 0.798. The van der Waals surface area contributed by atoms with E-state index in [2.05, 4.69) is 17.6 Å². The minimum atomic E-state index is -0.452. The number of carbonyl (C=O) groups excluding carboxylic acids is 2. The molecule has 144 valence electrons. The second-order valence-electron chi connectivity index (χ2n) is 7.43. The van der Waals surface area contributed by atoms with Crippen molar-refractivity contribution in [2.45, 2.75) is 45.6 Å². The molecule has 2 fully saturated rings. The summed E-state index contributed by atoms with van der Waals surface area (Å²) in [6.45, 7) is 6.52. The van der Waals surface area contributed by atoms with Crippen LogP contribution < -0.4 is 10.6 Å². The zero-order valence-electron chi connectivity index (χ0n) is 15.7. The van der Waals surface area contributed by atoms with Crippen molar-refractivity contribution in [1.82, 2.24) is 10.2 Å². The van der Waals surface area contributed by atoms with E-state index in [-0.39, 0.29) is 35.6 Å². The summed E-state index contributed by atoms with van der Waals surface area (Å²) < 4.78 is 0. The molecule has 2 atom stereocenters. The Labute approximate surface area is 162 Å². The summed E-state index contributed by atoms with van der Waals surface area (Å²) in [6.07, 6.45) is 4.00. The molecule has 1 aromatic rings. The molecule has 3 rings (SSSR count). The van der Waals surface area contributed by atoms with Gasteiger partial charge in [-0.2, -0.15) is 0 Å². The third-order valence-corrected chi connectivity index (χ3v) is 5.72. The fourth-order valence-corrected chi connectivity index (χ4v) is 4.02. The van der Waals surface area contributed by atoms with Crippen molar-refractivity contribution in [2.75, 3.05) is 25.0 Å². The Morgan fingerprint density at radius 1 is 1.27 bits per heavy atom. The molecule has 0 bridgehead atoms. The summed E-state index contributed by atoms with van der Waals surface area (Å²) in [6, 6.07) is 8.97. The fraction of sp³-hybridized carbons (Fsp3) is 0.600. The number of hydrogen-bond acceptors (Lipinski definition) is 3. The van der Waals surface area contributed by atoms with Crippen molar-refractivity contribution in [3.05, 3.63) is 30.3 Å². The molecule has 2 aliphatic rings. The van der Waals surface area contributed by atoms with E-state index >= 15 is 0 Å². The highest BCUT2D eigenvalue weighted by atomic mass is 35.5. The minimum absolute atomic E-state index is 0. The highest BCUT2D eigenvalue weighted by Crippen LogP contribution is 2.59. The third-order valence-electron chi connectivity index (χ3n) is 5.72. The van der Waals surface area contributed by atoms with Crippen LogP contribution in [0.3, 0.4) is 0 Å². The van der Waals surface area contributed by atoms with Crippen LogP contribution in [0.4, 0.5) is 5.69 Å². The number of nitrogens with zero attached hydrogens (tertiary/aromatic N) is 1. The zero-order chi connectivity index (χ0) is 17.9. The fourth-order valence-electron chi connectivity index (χ4n) is 4.02. The third kappa shape index (κ3) is 4.38. The van der Waals surface area contributed by atoms with Gasteiger partial charge in [0.05, 0.1) is 0 Å². The van der Waals surface area contributed by atoms with Gasteiger partial charge < -0.3 is 15.5 Å². The van der Waals surface area contributed by atoms with Crippen LogP contribution in [0.2, 0.25) is 0 Å². The standard InChI is InChI=1S/C20H29N3O2.ClH/c1-3-13-23(15(2)18(24)22-16-7-5-4-6-8-16)19(25)17-14-20(17)9-11-21-12-10-20;/h4-8,15,17,21H,3,9-14H2,1-2H3,(H,22,24);1H. The van der Waals surface area contributed by atoms with Crippen LogP contribution in [0.15, 0.2) is 30.3 Å². The van der Waals surface area contributed by atoms with E-state index in [4.69, 9.17) is 0 Å². The molecule has 1 saturated heterocycles. The van der Waals surface area contributed by atoms with Crippen LogP contribution in [-0.2, 0) is 9.59 Å². The van der Waals surface area contributed by atoms with Gasteiger partial charge in [0.2, 0.25) is 11.8 Å². The highest BCUT2D eigenvalue weighted by molar-refractivity contribution is 5.97. The summed E-state index contributed by atoms with van der Waals surface area (Å²) >= 11 is 0. The highest BCUT2D eigenvalue weighted by Gasteiger charge is 2.58. The van der Waals surface area contributed by atoms with Crippen molar-refractivity contribution < 1.29 is 9.59 Å². The van der Waals surface area contributed by atoms with Crippen molar-refractivity contribution >= 4 is 29.9 Å². The molecule has 6 heteroatoms. The Bertz CT molecular complexity index is 617. The second kappa shape index (κ2) is 8.87. The predicted molar refractivity (Wildman–Crippen MR) is 106 cm³/mol. The molecule has 1 aromatic carbocycles. The largest absolute Gasteiger partial charge is 0.331 e. The van der Waals surface area contributed by atoms with Crippen molar-refractivity contribution in [1.29, 1.82) is 0 Å². The van der Waals surface area contributed by atoms with Gasteiger partial charge in [0.25, 0.3) is 0 Å². The monoisotopic (exact) mass is 379 g/mol. The van der Waals surface area contributed by atoms with Gasteiger partial charge in [0.15, 0.2) is 0 Å². The van der Waals surface area contributed by atoms with Crippen LogP contribution in [0, 0.1) is 11.3 Å². The summed E-state index contributed by atoms with van der Waals surface area (Å²) in [5.41, 5.74) is 0.966. The van der Waals surface area contributed by atoms with Crippen LogP contribution >= 0.6 is 12.4 Å². The molecule has 1 saturated carbocycles. The minimum Gasteiger partial charge on any atom is -0.331 e. The predicted octanol–water partition coefficient (Wildman–Crippen LogP) is 3.06. The molecular formula is C20H30ClN3O2. The summed E-state index contributed by atoms with van der Waals surface area (Å²) in [4.78, 5) is 27.5. The first kappa shape index (κ1) is 20.7. The number of amides is 2. The van der Waals surface area contributed by atoms with Gasteiger partial charge in [-0.1, -0.05) is 25.1 Å². The lowest BCUT2D eigenvalue weighted by Crippen LogP contribution is -2.47. The number of carbonyl (C=O) groups is 2. The molecule has 1 aliphatic heterocycles. The molecule has 0 radical (unpaired) electrons. The Hall–Kier alpha value is -1.59. The molecule has 2 unspecified atom stereocenters. The number of anilines is 1. The zero-order valence-corrected chi connectivity index (χ0v) is 16.5. The SMILES string of the molecule is CCCN(C(=O)C1CC12CCNCC2)C(C)C(=O)Nc1ccccc1.Cl. The number of hydrogen-bond donors (Lipinski definition) is 2. The van der Waals surface area contributed by atoms with Gasteiger partial charge >= 0.3 is 0 Å². The molecule has 1 aliphatic carbocycles. The van der Waals surface area contributed by atoms with Gasteiger partial charge in [-0.25, -0.2) is 0 Å². The first-order valence-corrected chi connectivity index (χ1v) is 9.44. The number of rotatable bonds is 6. The van der Waals surface area contributed by atoms with Crippen LogP contribution in [0.5, 0.6) is 0 Å². The average Bonchev–Trinajstić information content (AvgIpc) is 3.32. The van der Waals surface area contributed by atoms with E-state index in [1.54, 1.807) is 4.90 Å². The van der Waals surface area contributed by atoms with Crippen molar-refractivity contribution in [3.63, 3.8) is 0 Å². The lowest BCUT2D eigenvalue weighted by atomic mass is 9.91. The summed E-state index contributed by atoms with van der Waals surface area (Å²) in [5.74, 6) is 0.153. The number of benzene rings is 1. The molecule has 1 spiro atoms.